The molecule has 0 aliphatic rings. The lowest BCUT2D eigenvalue weighted by molar-refractivity contribution is -0.143. The molecule has 0 spiro atoms. The highest BCUT2D eigenvalue weighted by atomic mass is 16.4. The minimum Gasteiger partial charge on any atom is -0.508 e. The highest BCUT2D eigenvalue weighted by molar-refractivity contribution is 5.97. The van der Waals surface area contributed by atoms with Crippen molar-refractivity contribution in [2.75, 3.05) is 13.1 Å². The summed E-state index contributed by atoms with van der Waals surface area (Å²) in [6, 6.07) is 11.5. The first-order valence-corrected chi connectivity index (χ1v) is 23.7. The van der Waals surface area contributed by atoms with Gasteiger partial charge in [0.05, 0.1) is 6.54 Å². The van der Waals surface area contributed by atoms with Crippen molar-refractivity contribution in [3.63, 3.8) is 0 Å². The van der Waals surface area contributed by atoms with Gasteiger partial charge < -0.3 is 69.1 Å². The molecule has 23 heteroatoms. The summed E-state index contributed by atoms with van der Waals surface area (Å²) in [5, 5.41) is 56.7. The zero-order chi connectivity index (χ0) is 54.2. The van der Waals surface area contributed by atoms with Crippen LogP contribution in [0.1, 0.15) is 76.5 Å². The number of guanidine groups is 1. The number of nitrogens with one attached hydrogen (secondary N) is 7. The lowest BCUT2D eigenvalue weighted by atomic mass is 9.96. The molecule has 15 N–H and O–H groups in total. The van der Waals surface area contributed by atoms with E-state index in [0.29, 0.717) is 42.5 Å². The van der Waals surface area contributed by atoms with Crippen LogP contribution in [0.25, 0.3) is 0 Å². The Balaban J connectivity index is 1.80. The Kier molecular flexibility index (Phi) is 24.1. The number of carbonyl (C=O) groups excluding carboxylic acids is 7. The van der Waals surface area contributed by atoms with Gasteiger partial charge in [-0.3, -0.25) is 43.3 Å². The van der Waals surface area contributed by atoms with Gasteiger partial charge in [-0.15, -0.1) is 0 Å². The monoisotopic (exact) mass is 1020 g/mol. The number of aromatic hydroxyl groups is 2. The van der Waals surface area contributed by atoms with Gasteiger partial charge in [0.1, 0.15) is 47.8 Å². The second-order valence-electron chi connectivity index (χ2n) is 17.7. The van der Waals surface area contributed by atoms with Crippen molar-refractivity contribution < 1.29 is 63.6 Å². The van der Waals surface area contributed by atoms with Crippen molar-refractivity contribution in [1.29, 1.82) is 0 Å². The molecule has 7 amide bonds. The second kappa shape index (κ2) is 29.8. The fourth-order valence-corrected chi connectivity index (χ4v) is 7.23. The van der Waals surface area contributed by atoms with Crippen LogP contribution in [0.4, 0.5) is 0 Å². The lowest BCUT2D eigenvalue weighted by Gasteiger charge is -2.29. The van der Waals surface area contributed by atoms with E-state index < -0.39 is 121 Å². The normalized spacial score (nSPS) is 14.1. The van der Waals surface area contributed by atoms with Crippen LogP contribution in [0.5, 0.6) is 11.5 Å². The Bertz CT molecular complexity index is 2380. The summed E-state index contributed by atoms with van der Waals surface area (Å²) in [6.07, 6.45) is -0.213. The number of amides is 7. The van der Waals surface area contributed by atoms with Gasteiger partial charge in [0, 0.05) is 38.1 Å². The maximum atomic E-state index is 14.3. The second-order valence-corrected chi connectivity index (χ2v) is 17.7. The van der Waals surface area contributed by atoms with E-state index in [2.05, 4.69) is 42.2 Å². The van der Waals surface area contributed by atoms with Crippen LogP contribution in [-0.2, 0) is 62.4 Å². The molecule has 73 heavy (non-hydrogen) atoms. The number of carbonyl (C=O) groups is 9. The van der Waals surface area contributed by atoms with Gasteiger partial charge in [-0.2, -0.15) is 0 Å². The first-order chi connectivity index (χ1) is 34.6. The van der Waals surface area contributed by atoms with E-state index in [1.54, 1.807) is 51.1 Å². The number of nitrogens with two attached hydrogens (primary N) is 2. The smallest absolute Gasteiger partial charge is 0.326 e. The zero-order valence-electron chi connectivity index (χ0n) is 41.3. The highest BCUT2D eigenvalue weighted by Crippen LogP contribution is 2.15. The molecule has 8 atom stereocenters. The van der Waals surface area contributed by atoms with Gasteiger partial charge in [0.15, 0.2) is 5.96 Å². The van der Waals surface area contributed by atoms with Crippen molar-refractivity contribution in [1.82, 2.24) is 37.2 Å². The van der Waals surface area contributed by atoms with Crippen molar-refractivity contribution in [3.05, 3.63) is 95.6 Å². The van der Waals surface area contributed by atoms with E-state index in [1.807, 2.05) is 0 Å². The van der Waals surface area contributed by atoms with E-state index in [1.165, 1.54) is 55.5 Å². The summed E-state index contributed by atoms with van der Waals surface area (Å²) < 4.78 is 0. The number of hydrogen-bond acceptors (Lipinski definition) is 12. The first kappa shape index (κ1) is 59.1. The summed E-state index contributed by atoms with van der Waals surface area (Å²) in [5.74, 6) is -9.56. The maximum absolute atomic E-state index is 14.3. The van der Waals surface area contributed by atoms with Crippen molar-refractivity contribution >= 4 is 59.2 Å². The standard InChI is InChI=1S/C50H68N10O13/c1-5-28(2)42(48(71)57-36(21-22-41(64)65)45(68)59-39(49(72)73)26-33-15-19-35(62)20-16-33)60-47(70)38(24-31-11-7-6-8-12-31)58-44(67)30(4)55-46(69)37(25-32-13-17-34(61)18-14-32)56-40(63)27-54-43(66)29(3)10-9-23-53-50(51)52/h6-8,11-20,28-30,36-39,42,61-62H,5,9-10,21-27H2,1-4H3,(H,54,66)(H,55,69)(H,56,63)(H,57,71)(H,58,67)(H,59,68)(H,60,70)(H,64,65)(H,72,73)(H4,51,52,53)/t28-,29-,30-,36-,37-,38-,39-,42-/m0/s1. The van der Waals surface area contributed by atoms with Crippen LogP contribution in [0.15, 0.2) is 83.9 Å². The van der Waals surface area contributed by atoms with Crippen LogP contribution in [-0.4, -0.2) is 129 Å². The largest absolute Gasteiger partial charge is 0.508 e. The van der Waals surface area contributed by atoms with E-state index in [0.717, 1.165) is 0 Å². The molecular weight excluding hydrogens is 949 g/mol. The molecule has 0 radical (unpaired) electrons. The number of rotatable bonds is 30. The van der Waals surface area contributed by atoms with Crippen LogP contribution in [0, 0.1) is 11.8 Å². The fraction of sp³-hybridized carbons (Fsp3) is 0.440. The number of aliphatic imine (C=N–C) groups is 1. The number of hydrogen-bond donors (Lipinski definition) is 13. The number of phenols is 2. The topological polar surface area (TPSA) is 383 Å². The molecule has 0 aliphatic carbocycles. The van der Waals surface area contributed by atoms with Gasteiger partial charge in [0.2, 0.25) is 41.4 Å². The Morgan fingerprint density at radius 2 is 1.05 bits per heavy atom. The molecule has 23 nitrogen and oxygen atoms in total. The molecule has 396 valence electrons. The lowest BCUT2D eigenvalue weighted by Crippen LogP contribution is -2.61. The SMILES string of the molecule is CC[C@H](C)[C@H](NC(=O)[C@H](Cc1ccccc1)NC(=O)[C@H](C)NC(=O)[C@H](Cc1ccc(O)cc1)NC(=O)CNC(=O)[C@@H](C)CCCN=C(N)N)C(=O)N[C@@H](CCC(=O)O)C(=O)N[C@@H](Cc1ccc(O)cc1)C(=O)O. The summed E-state index contributed by atoms with van der Waals surface area (Å²) >= 11 is 0. The minimum atomic E-state index is -1.57. The van der Waals surface area contributed by atoms with Gasteiger partial charge >= 0.3 is 11.9 Å². The molecule has 3 aromatic carbocycles. The quantitative estimate of drug-likeness (QED) is 0.0235. The van der Waals surface area contributed by atoms with E-state index in [9.17, 15) is 63.6 Å². The molecule has 0 bridgehead atoms. The molecule has 0 heterocycles. The molecule has 0 saturated carbocycles. The maximum Gasteiger partial charge on any atom is 0.326 e. The van der Waals surface area contributed by atoms with Crippen LogP contribution in [0.3, 0.4) is 0 Å². The van der Waals surface area contributed by atoms with E-state index in [-0.39, 0.29) is 36.7 Å². The third-order valence-electron chi connectivity index (χ3n) is 11.7. The number of phenolic OH excluding ortho intramolecular Hbond substituents is 2. The van der Waals surface area contributed by atoms with Crippen molar-refractivity contribution in [2.24, 2.45) is 28.3 Å². The molecular formula is C50H68N10O13. The van der Waals surface area contributed by atoms with Gasteiger partial charge in [0.25, 0.3) is 0 Å². The molecule has 3 aromatic rings. The van der Waals surface area contributed by atoms with Crippen LogP contribution < -0.4 is 48.7 Å². The Labute approximate surface area is 422 Å². The summed E-state index contributed by atoms with van der Waals surface area (Å²) in [5.41, 5.74) is 12.3. The average molecular weight is 1020 g/mol. The predicted octanol–water partition coefficient (Wildman–Crippen LogP) is -0.144. The fourth-order valence-electron chi connectivity index (χ4n) is 7.23. The molecule has 0 saturated heterocycles. The number of carboxylic acids is 2. The van der Waals surface area contributed by atoms with Gasteiger partial charge in [-0.25, -0.2) is 4.79 Å². The van der Waals surface area contributed by atoms with Crippen molar-refractivity contribution in [2.45, 2.75) is 115 Å². The third-order valence-corrected chi connectivity index (χ3v) is 11.7. The Hall–Kier alpha value is -8.24. The van der Waals surface area contributed by atoms with Crippen LogP contribution in [0.2, 0.25) is 0 Å². The summed E-state index contributed by atoms with van der Waals surface area (Å²) in [7, 11) is 0. The highest BCUT2D eigenvalue weighted by Gasteiger charge is 2.35. The Morgan fingerprint density at radius 1 is 0.562 bits per heavy atom. The zero-order valence-corrected chi connectivity index (χ0v) is 41.3. The van der Waals surface area contributed by atoms with E-state index >= 15 is 0 Å². The molecule has 0 aliphatic heterocycles. The summed E-state index contributed by atoms with van der Waals surface area (Å²) in [4.78, 5) is 123. The summed E-state index contributed by atoms with van der Waals surface area (Å²) in [6.45, 7) is 6.21. The molecule has 3 rings (SSSR count). The van der Waals surface area contributed by atoms with Gasteiger partial charge in [-0.1, -0.05) is 81.8 Å². The minimum absolute atomic E-state index is 0.0447. The Morgan fingerprint density at radius 3 is 1.59 bits per heavy atom. The van der Waals surface area contributed by atoms with Crippen molar-refractivity contribution in [3.8, 4) is 11.5 Å². The van der Waals surface area contributed by atoms with E-state index in [4.69, 9.17) is 11.5 Å². The number of carboxylic acid groups (broad SMARTS) is 2. The van der Waals surface area contributed by atoms with Gasteiger partial charge in [-0.05, 0) is 73.1 Å². The molecule has 0 fully saturated rings. The predicted molar refractivity (Wildman–Crippen MR) is 267 cm³/mol. The number of aliphatic carboxylic acids is 2. The third kappa shape index (κ3) is 21.3. The number of nitrogens with zero attached hydrogens (tertiary/aromatic N) is 1. The average Bonchev–Trinajstić information content (AvgIpc) is 3.35. The molecule has 0 unspecified atom stereocenters. The molecule has 0 aromatic heterocycles. The first-order valence-electron chi connectivity index (χ1n) is 23.7. The number of benzene rings is 3. The van der Waals surface area contributed by atoms with Crippen LogP contribution >= 0.6 is 0 Å².